The summed E-state index contributed by atoms with van der Waals surface area (Å²) in [6.07, 6.45) is 0. The molecule has 2 heterocycles. The minimum Gasteiger partial charge on any atom is -0.340 e. The van der Waals surface area contributed by atoms with Gasteiger partial charge in [0.2, 0.25) is 5.91 Å². The van der Waals surface area contributed by atoms with Crippen LogP contribution in [0.2, 0.25) is 0 Å². The highest BCUT2D eigenvalue weighted by Gasteiger charge is 2.26. The Morgan fingerprint density at radius 2 is 1.86 bits per heavy atom. The van der Waals surface area contributed by atoms with Gasteiger partial charge in [0.25, 0.3) is 0 Å². The molecule has 4 nitrogen and oxygen atoms in total. The fourth-order valence-corrected chi connectivity index (χ4v) is 3.82. The Hall–Kier alpha value is 0.150. The number of carbonyl (C=O) groups excluding carboxylic acids is 1. The van der Waals surface area contributed by atoms with E-state index in [0.29, 0.717) is 0 Å². The molecule has 22 heavy (non-hydrogen) atoms. The summed E-state index contributed by atoms with van der Waals surface area (Å²) in [5, 5.41) is 0. The summed E-state index contributed by atoms with van der Waals surface area (Å²) in [4.78, 5) is 17.9. The first-order valence-electron chi connectivity index (χ1n) is 6.98. The Morgan fingerprint density at radius 3 is 2.32 bits per heavy atom. The molecule has 2 atom stereocenters. The SMILES string of the molecule is CC(N)C(C)C(=O)N1CCN(Cc2ccc(Br)s2)CC1.Cl.Cl. The zero-order valence-corrected chi connectivity index (χ0v) is 16.9. The molecule has 1 amide bonds. The van der Waals surface area contributed by atoms with Crippen LogP contribution in [-0.4, -0.2) is 47.9 Å². The van der Waals surface area contributed by atoms with Crippen molar-refractivity contribution in [1.29, 1.82) is 0 Å². The van der Waals surface area contributed by atoms with E-state index in [0.717, 1.165) is 32.7 Å². The van der Waals surface area contributed by atoms with Crippen molar-refractivity contribution < 1.29 is 4.79 Å². The topological polar surface area (TPSA) is 49.6 Å². The van der Waals surface area contributed by atoms with Crippen LogP contribution in [0.15, 0.2) is 15.9 Å². The Bertz CT molecular complexity index is 465. The summed E-state index contributed by atoms with van der Waals surface area (Å²) in [6.45, 7) is 8.28. The minimum absolute atomic E-state index is 0. The Balaban J connectivity index is 0.00000220. The molecule has 1 fully saturated rings. The predicted molar refractivity (Wildman–Crippen MR) is 101 cm³/mol. The third kappa shape index (κ3) is 5.98. The molecule has 0 aromatic carbocycles. The number of nitrogens with two attached hydrogens (primary N) is 1. The number of hydrogen-bond acceptors (Lipinski definition) is 4. The summed E-state index contributed by atoms with van der Waals surface area (Å²) < 4.78 is 1.17. The van der Waals surface area contributed by atoms with E-state index in [-0.39, 0.29) is 42.7 Å². The van der Waals surface area contributed by atoms with Gasteiger partial charge in [-0.05, 0) is 35.0 Å². The molecule has 1 aliphatic rings. The van der Waals surface area contributed by atoms with Crippen molar-refractivity contribution in [2.45, 2.75) is 26.4 Å². The molecule has 1 aromatic rings. The van der Waals surface area contributed by atoms with Gasteiger partial charge < -0.3 is 10.6 Å². The number of thiophene rings is 1. The van der Waals surface area contributed by atoms with E-state index < -0.39 is 0 Å². The second-order valence-corrected chi connectivity index (χ2v) is 8.00. The Morgan fingerprint density at radius 1 is 1.27 bits per heavy atom. The molecular formula is C14H24BrCl2N3OS. The number of halogens is 3. The molecule has 0 spiro atoms. The quantitative estimate of drug-likeness (QED) is 0.795. The average Bonchev–Trinajstić information content (AvgIpc) is 2.83. The number of hydrogen-bond donors (Lipinski definition) is 1. The third-order valence-electron chi connectivity index (χ3n) is 3.87. The summed E-state index contributed by atoms with van der Waals surface area (Å²) >= 11 is 5.27. The molecule has 0 saturated carbocycles. The fraction of sp³-hybridized carbons (Fsp3) is 0.643. The molecule has 1 aromatic heterocycles. The lowest BCUT2D eigenvalue weighted by Gasteiger charge is -2.36. The van der Waals surface area contributed by atoms with Gasteiger partial charge in [-0.3, -0.25) is 9.69 Å². The zero-order valence-electron chi connectivity index (χ0n) is 12.8. The van der Waals surface area contributed by atoms with Crippen molar-refractivity contribution in [3.05, 3.63) is 20.8 Å². The lowest BCUT2D eigenvalue weighted by molar-refractivity contribution is -0.137. The van der Waals surface area contributed by atoms with Gasteiger partial charge >= 0.3 is 0 Å². The average molecular weight is 433 g/mol. The highest BCUT2D eigenvalue weighted by Crippen LogP contribution is 2.23. The van der Waals surface area contributed by atoms with Gasteiger partial charge in [-0.1, -0.05) is 6.92 Å². The fourth-order valence-electron chi connectivity index (χ4n) is 2.30. The normalized spacial score (nSPS) is 18.1. The summed E-state index contributed by atoms with van der Waals surface area (Å²) in [5.74, 6) is 0.105. The van der Waals surface area contributed by atoms with E-state index in [2.05, 4.69) is 33.0 Å². The van der Waals surface area contributed by atoms with Crippen molar-refractivity contribution in [2.75, 3.05) is 26.2 Å². The molecule has 0 bridgehead atoms. The Labute approximate surface area is 157 Å². The van der Waals surface area contributed by atoms with Gasteiger partial charge in [-0.15, -0.1) is 36.2 Å². The van der Waals surface area contributed by atoms with Crippen molar-refractivity contribution in [3.8, 4) is 0 Å². The molecule has 0 aliphatic carbocycles. The van der Waals surface area contributed by atoms with Crippen molar-refractivity contribution >= 4 is 58.0 Å². The van der Waals surface area contributed by atoms with Gasteiger partial charge in [0.1, 0.15) is 0 Å². The number of carbonyl (C=O) groups is 1. The monoisotopic (exact) mass is 431 g/mol. The summed E-state index contributed by atoms with van der Waals surface area (Å²) in [5.41, 5.74) is 5.81. The van der Waals surface area contributed by atoms with Crippen LogP contribution < -0.4 is 5.73 Å². The zero-order chi connectivity index (χ0) is 14.7. The van der Waals surface area contributed by atoms with Crippen LogP contribution in [0, 0.1) is 5.92 Å². The van der Waals surface area contributed by atoms with Crippen LogP contribution >= 0.6 is 52.1 Å². The van der Waals surface area contributed by atoms with Gasteiger partial charge in [-0.2, -0.15) is 0 Å². The molecule has 2 rings (SSSR count). The van der Waals surface area contributed by atoms with Gasteiger partial charge in [0.05, 0.1) is 9.70 Å². The van der Waals surface area contributed by atoms with Gasteiger partial charge in [0.15, 0.2) is 0 Å². The van der Waals surface area contributed by atoms with E-state index in [1.807, 2.05) is 18.7 Å². The minimum atomic E-state index is -0.0881. The molecule has 8 heteroatoms. The van der Waals surface area contributed by atoms with Gasteiger partial charge in [0, 0.05) is 43.6 Å². The van der Waals surface area contributed by atoms with Crippen LogP contribution in [0.4, 0.5) is 0 Å². The van der Waals surface area contributed by atoms with Crippen LogP contribution in [-0.2, 0) is 11.3 Å². The first-order chi connectivity index (χ1) is 9.47. The smallest absolute Gasteiger partial charge is 0.227 e. The highest BCUT2D eigenvalue weighted by molar-refractivity contribution is 9.11. The van der Waals surface area contributed by atoms with E-state index in [4.69, 9.17) is 5.73 Å². The maximum Gasteiger partial charge on any atom is 0.227 e. The molecule has 1 aliphatic heterocycles. The van der Waals surface area contributed by atoms with E-state index >= 15 is 0 Å². The lowest BCUT2D eigenvalue weighted by Crippen LogP contribution is -2.51. The van der Waals surface area contributed by atoms with Crippen molar-refractivity contribution in [3.63, 3.8) is 0 Å². The maximum absolute atomic E-state index is 12.2. The molecule has 128 valence electrons. The molecule has 2 N–H and O–H groups in total. The van der Waals surface area contributed by atoms with Crippen LogP contribution in [0.5, 0.6) is 0 Å². The second kappa shape index (κ2) is 10.1. The van der Waals surface area contributed by atoms with Crippen LogP contribution in [0.1, 0.15) is 18.7 Å². The predicted octanol–water partition coefficient (Wildman–Crippen LogP) is 2.98. The van der Waals surface area contributed by atoms with E-state index in [9.17, 15) is 4.79 Å². The largest absolute Gasteiger partial charge is 0.340 e. The lowest BCUT2D eigenvalue weighted by atomic mass is 10.0. The third-order valence-corrected chi connectivity index (χ3v) is 5.48. The second-order valence-electron chi connectivity index (χ2n) is 5.46. The van der Waals surface area contributed by atoms with Crippen molar-refractivity contribution in [2.24, 2.45) is 11.7 Å². The summed E-state index contributed by atoms with van der Waals surface area (Å²) in [7, 11) is 0. The van der Waals surface area contributed by atoms with Crippen LogP contribution in [0.3, 0.4) is 0 Å². The van der Waals surface area contributed by atoms with E-state index in [1.165, 1.54) is 8.66 Å². The standard InChI is InChI=1S/C14H22BrN3OS.2ClH/c1-10(11(2)16)14(19)18-7-5-17(6-8-18)9-12-3-4-13(15)20-12;;/h3-4,10-11H,5-9,16H2,1-2H3;2*1H. The molecule has 2 unspecified atom stereocenters. The number of amides is 1. The van der Waals surface area contributed by atoms with E-state index in [1.54, 1.807) is 11.3 Å². The number of rotatable bonds is 4. The van der Waals surface area contributed by atoms with Crippen molar-refractivity contribution in [1.82, 2.24) is 9.80 Å². The first-order valence-corrected chi connectivity index (χ1v) is 8.59. The number of nitrogens with zero attached hydrogens (tertiary/aromatic N) is 2. The molecular weight excluding hydrogens is 409 g/mol. The summed E-state index contributed by atoms with van der Waals surface area (Å²) in [6, 6.07) is 4.16. The molecule has 1 saturated heterocycles. The maximum atomic E-state index is 12.2. The first kappa shape index (κ1) is 22.1. The molecule has 0 radical (unpaired) electrons. The highest BCUT2D eigenvalue weighted by atomic mass is 79.9. The number of piperazine rings is 1. The Kier molecular flexibility index (Phi) is 10.2. The van der Waals surface area contributed by atoms with Crippen LogP contribution in [0.25, 0.3) is 0 Å². The van der Waals surface area contributed by atoms with Gasteiger partial charge in [-0.25, -0.2) is 0 Å².